The minimum absolute atomic E-state index is 0.00760. The van der Waals surface area contributed by atoms with Gasteiger partial charge in [-0.25, -0.2) is 8.42 Å². The summed E-state index contributed by atoms with van der Waals surface area (Å²) < 4.78 is 33.4. The number of carbonyl (C=O) groups is 1. The molecule has 1 aromatic heterocycles. The molecule has 2 heterocycles. The Bertz CT molecular complexity index is 943. The minimum Gasteiger partial charge on any atom is -0.490 e. The van der Waals surface area contributed by atoms with E-state index in [1.807, 2.05) is 20.8 Å². The van der Waals surface area contributed by atoms with Gasteiger partial charge in [-0.2, -0.15) is 0 Å². The predicted molar refractivity (Wildman–Crippen MR) is 103 cm³/mol. The molecule has 0 spiro atoms. The number of anilines is 2. The van der Waals surface area contributed by atoms with Crippen molar-refractivity contribution in [1.82, 2.24) is 4.98 Å². The third kappa shape index (κ3) is 3.90. The van der Waals surface area contributed by atoms with E-state index in [9.17, 15) is 13.2 Å². The Morgan fingerprint density at radius 2 is 2.07 bits per heavy atom. The number of amides is 1. The maximum absolute atomic E-state index is 12.8. The molecule has 1 amide bonds. The second-order valence-corrected chi connectivity index (χ2v) is 8.79. The van der Waals surface area contributed by atoms with Gasteiger partial charge >= 0.3 is 0 Å². The maximum atomic E-state index is 12.8. The van der Waals surface area contributed by atoms with Crippen molar-refractivity contribution < 1.29 is 17.9 Å². The summed E-state index contributed by atoms with van der Waals surface area (Å²) in [5.74, 6) is 0.473. The molecule has 1 aliphatic rings. The van der Waals surface area contributed by atoms with Crippen LogP contribution in [0.2, 0.25) is 0 Å². The fourth-order valence-corrected chi connectivity index (χ4v) is 3.89. The van der Waals surface area contributed by atoms with E-state index in [1.54, 1.807) is 29.2 Å². The smallest absolute Gasteiger partial charge is 0.263 e. The van der Waals surface area contributed by atoms with Gasteiger partial charge in [-0.15, -0.1) is 0 Å². The molecule has 2 aromatic rings. The van der Waals surface area contributed by atoms with Gasteiger partial charge in [-0.3, -0.25) is 14.5 Å². The number of nitrogens with zero attached hydrogens (tertiary/aromatic N) is 2. The van der Waals surface area contributed by atoms with Crippen molar-refractivity contribution in [3.8, 4) is 5.75 Å². The van der Waals surface area contributed by atoms with Crippen molar-refractivity contribution in [1.29, 1.82) is 0 Å². The summed E-state index contributed by atoms with van der Waals surface area (Å²) in [6.07, 6.45) is 3.60. The maximum Gasteiger partial charge on any atom is 0.263 e. The van der Waals surface area contributed by atoms with E-state index in [1.165, 1.54) is 18.5 Å². The van der Waals surface area contributed by atoms with Gasteiger partial charge in [0.25, 0.3) is 10.0 Å². The van der Waals surface area contributed by atoms with Crippen LogP contribution in [0.4, 0.5) is 11.4 Å². The summed E-state index contributed by atoms with van der Waals surface area (Å²) in [5.41, 5.74) is 0.349. The summed E-state index contributed by atoms with van der Waals surface area (Å²) in [6.45, 7) is 6.48. The van der Waals surface area contributed by atoms with Crippen LogP contribution in [0.3, 0.4) is 0 Å². The van der Waals surface area contributed by atoms with Crippen LogP contribution in [0.5, 0.6) is 5.75 Å². The molecule has 0 radical (unpaired) electrons. The number of sulfonamides is 1. The number of hydrogen-bond donors (Lipinski definition) is 1. The van der Waals surface area contributed by atoms with Crippen LogP contribution in [0.1, 0.15) is 27.2 Å². The van der Waals surface area contributed by atoms with Gasteiger partial charge in [0.2, 0.25) is 5.91 Å². The van der Waals surface area contributed by atoms with Crippen molar-refractivity contribution in [3.63, 3.8) is 0 Å². The third-order valence-electron chi connectivity index (χ3n) is 4.31. The van der Waals surface area contributed by atoms with E-state index in [-0.39, 0.29) is 17.4 Å². The van der Waals surface area contributed by atoms with Gasteiger partial charge in [-0.05, 0) is 44.5 Å². The van der Waals surface area contributed by atoms with Crippen LogP contribution in [0, 0.1) is 5.41 Å². The van der Waals surface area contributed by atoms with E-state index in [0.29, 0.717) is 23.7 Å². The number of rotatable bonds is 5. The molecule has 0 atom stereocenters. The molecule has 0 unspecified atom stereocenters. The van der Waals surface area contributed by atoms with E-state index in [0.717, 1.165) is 6.42 Å². The Balaban J connectivity index is 1.95. The normalized spacial score (nSPS) is 16.3. The number of carbonyl (C=O) groups excluding carboxylic acids is 1. The van der Waals surface area contributed by atoms with Crippen LogP contribution >= 0.6 is 0 Å². The van der Waals surface area contributed by atoms with Crippen molar-refractivity contribution in [2.45, 2.75) is 32.1 Å². The average Bonchev–Trinajstić information content (AvgIpc) is 2.73. The monoisotopic (exact) mass is 389 g/mol. The zero-order valence-corrected chi connectivity index (χ0v) is 16.4. The molecule has 0 saturated carbocycles. The summed E-state index contributed by atoms with van der Waals surface area (Å²) in [7, 11) is -3.75. The molecule has 8 heteroatoms. The second kappa shape index (κ2) is 7.19. The van der Waals surface area contributed by atoms with Crippen molar-refractivity contribution in [2.75, 3.05) is 22.8 Å². The summed E-state index contributed by atoms with van der Waals surface area (Å²) in [5, 5.41) is 0. The molecule has 0 bridgehead atoms. The molecule has 144 valence electrons. The van der Waals surface area contributed by atoms with Gasteiger partial charge < -0.3 is 9.64 Å². The van der Waals surface area contributed by atoms with Gasteiger partial charge in [0.1, 0.15) is 17.3 Å². The molecular weight excluding hydrogens is 366 g/mol. The summed E-state index contributed by atoms with van der Waals surface area (Å²) >= 11 is 0. The Hall–Kier alpha value is -2.61. The average molecular weight is 389 g/mol. The van der Waals surface area contributed by atoms with E-state index >= 15 is 0 Å². The molecule has 1 aliphatic heterocycles. The lowest BCUT2D eigenvalue weighted by Gasteiger charge is -2.27. The quantitative estimate of drug-likeness (QED) is 0.849. The summed E-state index contributed by atoms with van der Waals surface area (Å²) in [4.78, 5) is 18.5. The fraction of sp³-hybridized carbons (Fsp3) is 0.368. The molecule has 0 fully saturated rings. The number of aromatic nitrogens is 1. The van der Waals surface area contributed by atoms with Crippen LogP contribution < -0.4 is 14.4 Å². The molecule has 7 nitrogen and oxygen atoms in total. The first-order valence-electron chi connectivity index (χ1n) is 8.76. The first-order chi connectivity index (χ1) is 12.7. The van der Waals surface area contributed by atoms with Crippen molar-refractivity contribution >= 4 is 27.3 Å². The van der Waals surface area contributed by atoms with Crippen LogP contribution in [-0.4, -0.2) is 32.5 Å². The Labute approximate surface area is 159 Å². The molecule has 3 rings (SSSR count). The van der Waals surface area contributed by atoms with E-state index in [4.69, 9.17) is 4.74 Å². The molecular formula is C19H23N3O4S. The topological polar surface area (TPSA) is 88.6 Å². The number of nitrogens with one attached hydrogen (secondary N) is 1. The van der Waals surface area contributed by atoms with Gasteiger partial charge in [-0.1, -0.05) is 6.92 Å². The molecule has 27 heavy (non-hydrogen) atoms. The number of ether oxygens (including phenoxy) is 1. The van der Waals surface area contributed by atoms with E-state index < -0.39 is 15.4 Å². The van der Waals surface area contributed by atoms with Crippen LogP contribution in [0.15, 0.2) is 47.6 Å². The molecule has 1 N–H and O–H groups in total. The number of fused-ring (bicyclic) bond motifs is 1. The molecule has 0 saturated heterocycles. The predicted octanol–water partition coefficient (Wildman–Crippen LogP) is 3.04. The van der Waals surface area contributed by atoms with E-state index in [2.05, 4.69) is 9.71 Å². The zero-order chi connectivity index (χ0) is 19.7. The highest BCUT2D eigenvalue weighted by Gasteiger charge is 2.37. The SMILES string of the molecule is CCCN1C(=O)C(C)(C)COc2cc(NS(=O)(=O)c3cccnc3)ccc21. The molecule has 1 aromatic carbocycles. The number of hydrogen-bond acceptors (Lipinski definition) is 5. The van der Waals surface area contributed by atoms with Gasteiger partial charge in [0, 0.05) is 25.0 Å². The van der Waals surface area contributed by atoms with Crippen molar-refractivity contribution in [3.05, 3.63) is 42.7 Å². The lowest BCUT2D eigenvalue weighted by atomic mass is 9.93. The highest BCUT2D eigenvalue weighted by atomic mass is 32.2. The van der Waals surface area contributed by atoms with Gasteiger partial charge in [0.15, 0.2) is 0 Å². The fourth-order valence-electron chi connectivity index (χ4n) is 2.88. The lowest BCUT2D eigenvalue weighted by molar-refractivity contribution is -0.127. The van der Waals surface area contributed by atoms with Gasteiger partial charge in [0.05, 0.1) is 16.8 Å². The largest absolute Gasteiger partial charge is 0.490 e. The Morgan fingerprint density at radius 3 is 2.74 bits per heavy atom. The van der Waals surface area contributed by atoms with Crippen molar-refractivity contribution in [2.24, 2.45) is 5.41 Å². The first kappa shape index (κ1) is 19.2. The first-order valence-corrected chi connectivity index (χ1v) is 10.2. The highest BCUT2D eigenvalue weighted by molar-refractivity contribution is 7.92. The summed E-state index contributed by atoms with van der Waals surface area (Å²) in [6, 6.07) is 7.99. The number of benzene rings is 1. The standard InChI is InChI=1S/C19H23N3O4S/c1-4-10-22-16-8-7-14(11-17(16)26-13-19(2,3)18(22)23)21-27(24,25)15-6-5-9-20-12-15/h5-9,11-12,21H,4,10,13H2,1-3H3. The Kier molecular flexibility index (Phi) is 5.10. The zero-order valence-electron chi connectivity index (χ0n) is 15.6. The van der Waals surface area contributed by atoms with Crippen LogP contribution in [-0.2, 0) is 14.8 Å². The highest BCUT2D eigenvalue weighted by Crippen LogP contribution is 2.38. The molecule has 0 aliphatic carbocycles. The second-order valence-electron chi connectivity index (χ2n) is 7.11. The lowest BCUT2D eigenvalue weighted by Crippen LogP contribution is -2.42. The Morgan fingerprint density at radius 1 is 1.30 bits per heavy atom. The minimum atomic E-state index is -3.75. The van der Waals surface area contributed by atoms with Crippen LogP contribution in [0.25, 0.3) is 0 Å². The number of pyridine rings is 1. The third-order valence-corrected chi connectivity index (χ3v) is 5.67.